The molecule has 0 saturated carbocycles. The van der Waals surface area contributed by atoms with Crippen LogP contribution in [0.3, 0.4) is 0 Å². The molecule has 1 aliphatic carbocycles. The number of aryl methyl sites for hydroxylation is 1. The van der Waals surface area contributed by atoms with Gasteiger partial charge >= 0.3 is 6.09 Å². The van der Waals surface area contributed by atoms with Gasteiger partial charge in [-0.1, -0.05) is 18.2 Å². The molecule has 1 fully saturated rings. The topological polar surface area (TPSA) is 64.3 Å². The number of hydrogen-bond acceptors (Lipinski definition) is 3. The van der Waals surface area contributed by atoms with Crippen LogP contribution in [0.25, 0.3) is 0 Å². The predicted molar refractivity (Wildman–Crippen MR) is 77.8 cm³/mol. The number of hydrogen-bond donors (Lipinski definition) is 2. The summed E-state index contributed by atoms with van der Waals surface area (Å²) in [6, 6.07) is 7.06. The summed E-state index contributed by atoms with van der Waals surface area (Å²) in [5, 5.41) is 2.84. The lowest BCUT2D eigenvalue weighted by atomic mass is 9.84. The van der Waals surface area contributed by atoms with Gasteiger partial charge in [-0.15, -0.1) is 0 Å². The number of nitrogens with one attached hydrogen (secondary N) is 1. The van der Waals surface area contributed by atoms with Gasteiger partial charge in [0.15, 0.2) is 0 Å². The SMILES string of the molecule is NC1CCc2cc([C@H]3CCCOC(=O)NC3)ccc2C1. The molecule has 0 bridgehead atoms. The Morgan fingerprint density at radius 1 is 1.25 bits per heavy atom. The quantitative estimate of drug-likeness (QED) is 0.824. The van der Waals surface area contributed by atoms with Gasteiger partial charge in [-0.25, -0.2) is 4.79 Å². The van der Waals surface area contributed by atoms with Crippen LogP contribution in [0.5, 0.6) is 0 Å². The van der Waals surface area contributed by atoms with Gasteiger partial charge in [0.25, 0.3) is 0 Å². The van der Waals surface area contributed by atoms with Crippen molar-refractivity contribution in [2.24, 2.45) is 5.73 Å². The monoisotopic (exact) mass is 274 g/mol. The third kappa shape index (κ3) is 2.96. The van der Waals surface area contributed by atoms with E-state index in [1.807, 2.05) is 0 Å². The lowest BCUT2D eigenvalue weighted by Gasteiger charge is -2.25. The fourth-order valence-corrected chi connectivity index (χ4v) is 3.20. The van der Waals surface area contributed by atoms with Gasteiger partial charge in [0, 0.05) is 18.5 Å². The van der Waals surface area contributed by atoms with Crippen molar-refractivity contribution >= 4 is 6.09 Å². The lowest BCUT2D eigenvalue weighted by molar-refractivity contribution is 0.136. The van der Waals surface area contributed by atoms with E-state index in [1.165, 1.54) is 16.7 Å². The maximum Gasteiger partial charge on any atom is 0.407 e. The second-order valence-corrected chi connectivity index (χ2v) is 5.89. The van der Waals surface area contributed by atoms with Crippen LogP contribution in [0.1, 0.15) is 41.9 Å². The Kier molecular flexibility index (Phi) is 3.92. The molecule has 2 aliphatic rings. The normalized spacial score (nSPS) is 26.8. The summed E-state index contributed by atoms with van der Waals surface area (Å²) in [7, 11) is 0. The molecule has 1 unspecified atom stereocenters. The Bertz CT molecular complexity index is 501. The molecule has 1 heterocycles. The smallest absolute Gasteiger partial charge is 0.407 e. The maximum atomic E-state index is 11.3. The van der Waals surface area contributed by atoms with E-state index in [2.05, 4.69) is 23.5 Å². The van der Waals surface area contributed by atoms with Crippen LogP contribution in [0.15, 0.2) is 18.2 Å². The zero-order chi connectivity index (χ0) is 13.9. The molecular weight excluding hydrogens is 252 g/mol. The number of benzene rings is 1. The number of ether oxygens (including phenoxy) is 1. The van der Waals surface area contributed by atoms with E-state index in [1.54, 1.807) is 0 Å². The van der Waals surface area contributed by atoms with Crippen molar-refractivity contribution in [2.45, 2.75) is 44.1 Å². The average Bonchev–Trinajstić information content (AvgIpc) is 2.43. The van der Waals surface area contributed by atoms with Crippen LogP contribution >= 0.6 is 0 Å². The molecule has 4 heteroatoms. The summed E-state index contributed by atoms with van der Waals surface area (Å²) >= 11 is 0. The second-order valence-electron chi connectivity index (χ2n) is 5.89. The molecule has 0 radical (unpaired) electrons. The summed E-state index contributed by atoms with van der Waals surface area (Å²) in [6.45, 7) is 1.18. The molecule has 1 aliphatic heterocycles. The standard InChI is InChI=1S/C16H22N2O2/c17-15-6-5-11-8-12(3-4-13(11)9-15)14-2-1-7-20-16(19)18-10-14/h3-4,8,14-15H,1-2,5-7,9-10,17H2,(H,18,19)/t14-,15?/m0/s1. The first-order valence-corrected chi connectivity index (χ1v) is 7.50. The fourth-order valence-electron chi connectivity index (χ4n) is 3.20. The Balaban J connectivity index is 1.77. The van der Waals surface area contributed by atoms with Crippen molar-refractivity contribution in [2.75, 3.05) is 13.2 Å². The molecule has 3 N–H and O–H groups in total. The van der Waals surface area contributed by atoms with Crippen molar-refractivity contribution in [3.05, 3.63) is 34.9 Å². The molecule has 1 aromatic rings. The Morgan fingerprint density at radius 3 is 3.05 bits per heavy atom. The average molecular weight is 274 g/mol. The molecule has 20 heavy (non-hydrogen) atoms. The number of rotatable bonds is 1. The summed E-state index contributed by atoms with van der Waals surface area (Å²) in [5.41, 5.74) is 10.2. The lowest BCUT2D eigenvalue weighted by Crippen LogP contribution is -2.32. The largest absolute Gasteiger partial charge is 0.450 e. The third-order valence-electron chi connectivity index (χ3n) is 4.39. The number of amides is 1. The van der Waals surface area contributed by atoms with Crippen LogP contribution in [-0.4, -0.2) is 25.3 Å². The van der Waals surface area contributed by atoms with E-state index in [0.29, 0.717) is 25.1 Å². The highest BCUT2D eigenvalue weighted by Gasteiger charge is 2.20. The van der Waals surface area contributed by atoms with Crippen molar-refractivity contribution in [1.29, 1.82) is 0 Å². The van der Waals surface area contributed by atoms with Crippen molar-refractivity contribution in [1.82, 2.24) is 5.32 Å². The number of fused-ring (bicyclic) bond motifs is 1. The zero-order valence-electron chi connectivity index (χ0n) is 11.7. The van der Waals surface area contributed by atoms with E-state index in [9.17, 15) is 4.79 Å². The molecule has 2 atom stereocenters. The van der Waals surface area contributed by atoms with Gasteiger partial charge in [0.1, 0.15) is 0 Å². The number of alkyl carbamates (subject to hydrolysis) is 1. The Hall–Kier alpha value is -1.55. The highest BCUT2D eigenvalue weighted by atomic mass is 16.5. The molecule has 108 valence electrons. The molecule has 1 aromatic carbocycles. The molecule has 1 saturated heterocycles. The second kappa shape index (κ2) is 5.83. The van der Waals surface area contributed by atoms with Crippen molar-refractivity contribution in [3.63, 3.8) is 0 Å². The van der Waals surface area contributed by atoms with Gasteiger partial charge in [0.05, 0.1) is 6.61 Å². The van der Waals surface area contributed by atoms with E-state index in [-0.39, 0.29) is 6.09 Å². The van der Waals surface area contributed by atoms with E-state index < -0.39 is 0 Å². The summed E-state index contributed by atoms with van der Waals surface area (Å²) in [6.07, 6.45) is 4.83. The minimum absolute atomic E-state index is 0.293. The van der Waals surface area contributed by atoms with Crippen molar-refractivity contribution in [3.8, 4) is 0 Å². The Morgan fingerprint density at radius 2 is 2.15 bits per heavy atom. The first-order valence-electron chi connectivity index (χ1n) is 7.50. The number of carbonyl (C=O) groups is 1. The first-order chi connectivity index (χ1) is 9.72. The van der Waals surface area contributed by atoms with E-state index >= 15 is 0 Å². The van der Waals surface area contributed by atoms with E-state index in [0.717, 1.165) is 32.1 Å². The summed E-state index contributed by atoms with van der Waals surface area (Å²) in [5.74, 6) is 0.392. The van der Waals surface area contributed by atoms with Gasteiger partial charge in [0.2, 0.25) is 0 Å². The van der Waals surface area contributed by atoms with Crippen LogP contribution < -0.4 is 11.1 Å². The third-order valence-corrected chi connectivity index (χ3v) is 4.39. The van der Waals surface area contributed by atoms with Crippen LogP contribution in [0, 0.1) is 0 Å². The van der Waals surface area contributed by atoms with Crippen LogP contribution in [-0.2, 0) is 17.6 Å². The zero-order valence-corrected chi connectivity index (χ0v) is 11.7. The molecule has 4 nitrogen and oxygen atoms in total. The van der Waals surface area contributed by atoms with Gasteiger partial charge in [-0.2, -0.15) is 0 Å². The highest BCUT2D eigenvalue weighted by Crippen LogP contribution is 2.28. The van der Waals surface area contributed by atoms with Gasteiger partial charge in [-0.05, 0) is 48.8 Å². The number of nitrogens with two attached hydrogens (primary N) is 1. The molecule has 0 aromatic heterocycles. The summed E-state index contributed by atoms with van der Waals surface area (Å²) in [4.78, 5) is 11.3. The minimum Gasteiger partial charge on any atom is -0.450 e. The predicted octanol–water partition coefficient (Wildman–Crippen LogP) is 2.11. The number of cyclic esters (lactones) is 1. The van der Waals surface area contributed by atoms with Crippen LogP contribution in [0.2, 0.25) is 0 Å². The number of carbonyl (C=O) groups excluding carboxylic acids is 1. The van der Waals surface area contributed by atoms with Gasteiger partial charge in [-0.3, -0.25) is 0 Å². The fraction of sp³-hybridized carbons (Fsp3) is 0.562. The maximum absolute atomic E-state index is 11.3. The van der Waals surface area contributed by atoms with Crippen molar-refractivity contribution < 1.29 is 9.53 Å². The highest BCUT2D eigenvalue weighted by molar-refractivity contribution is 5.67. The first kappa shape index (κ1) is 13.4. The molecule has 3 rings (SSSR count). The molecule has 1 amide bonds. The molecule has 0 spiro atoms. The Labute approximate surface area is 119 Å². The molecular formula is C16H22N2O2. The van der Waals surface area contributed by atoms with Gasteiger partial charge < -0.3 is 15.8 Å². The summed E-state index contributed by atoms with van der Waals surface area (Å²) < 4.78 is 5.01. The van der Waals surface area contributed by atoms with Crippen LogP contribution in [0.4, 0.5) is 4.79 Å². The van der Waals surface area contributed by atoms with E-state index in [4.69, 9.17) is 10.5 Å². The minimum atomic E-state index is -0.293.